The third kappa shape index (κ3) is 3.23. The standard InChI is InChI=1S/C13H12BrN3O2/c1-18-8-2-3-12(10(14)6-8)19-9-4-5-17-11(7-9)13(15)16/h2-7H,1H3,(H3,15,16). The van der Waals surface area contributed by atoms with Gasteiger partial charge in [-0.2, -0.15) is 0 Å². The van der Waals surface area contributed by atoms with E-state index in [9.17, 15) is 0 Å². The zero-order valence-corrected chi connectivity index (χ0v) is 11.8. The number of rotatable bonds is 4. The molecule has 0 radical (unpaired) electrons. The Morgan fingerprint density at radius 2 is 2.05 bits per heavy atom. The third-order valence-electron chi connectivity index (χ3n) is 2.37. The molecule has 0 aliphatic heterocycles. The quantitative estimate of drug-likeness (QED) is 0.670. The summed E-state index contributed by atoms with van der Waals surface area (Å²) in [6.45, 7) is 0. The van der Waals surface area contributed by atoms with E-state index in [-0.39, 0.29) is 5.84 Å². The van der Waals surface area contributed by atoms with Gasteiger partial charge in [-0.25, -0.2) is 0 Å². The van der Waals surface area contributed by atoms with Crippen molar-refractivity contribution < 1.29 is 9.47 Å². The number of halogens is 1. The average Bonchev–Trinajstić information content (AvgIpc) is 2.41. The maximum atomic E-state index is 7.34. The van der Waals surface area contributed by atoms with E-state index in [4.69, 9.17) is 20.6 Å². The van der Waals surface area contributed by atoms with Crippen LogP contribution in [-0.4, -0.2) is 17.9 Å². The van der Waals surface area contributed by atoms with Crippen molar-refractivity contribution >= 4 is 21.8 Å². The number of amidine groups is 1. The Kier molecular flexibility index (Phi) is 4.01. The Morgan fingerprint density at radius 3 is 2.68 bits per heavy atom. The van der Waals surface area contributed by atoms with Crippen LogP contribution >= 0.6 is 15.9 Å². The largest absolute Gasteiger partial charge is 0.497 e. The molecule has 0 aliphatic rings. The topological polar surface area (TPSA) is 81.2 Å². The van der Waals surface area contributed by atoms with Gasteiger partial charge in [-0.05, 0) is 40.2 Å². The number of benzene rings is 1. The Bertz CT molecular complexity index is 617. The predicted octanol–water partition coefficient (Wildman–Crippen LogP) is 2.93. The summed E-state index contributed by atoms with van der Waals surface area (Å²) in [5.41, 5.74) is 5.76. The molecular weight excluding hydrogens is 310 g/mol. The number of methoxy groups -OCH3 is 1. The minimum atomic E-state index is -0.0979. The van der Waals surface area contributed by atoms with Crippen LogP contribution in [0, 0.1) is 5.41 Å². The molecule has 1 aromatic carbocycles. The highest BCUT2D eigenvalue weighted by Gasteiger charge is 2.06. The van der Waals surface area contributed by atoms with E-state index >= 15 is 0 Å². The number of pyridine rings is 1. The first kappa shape index (κ1) is 13.4. The predicted molar refractivity (Wildman–Crippen MR) is 76.0 cm³/mol. The first-order chi connectivity index (χ1) is 9.10. The van der Waals surface area contributed by atoms with Crippen molar-refractivity contribution in [3.63, 3.8) is 0 Å². The number of hydrogen-bond donors (Lipinski definition) is 2. The SMILES string of the molecule is COc1ccc(Oc2ccnc(C(=N)N)c2)c(Br)c1. The van der Waals surface area contributed by atoms with E-state index in [1.54, 1.807) is 37.6 Å². The highest BCUT2D eigenvalue weighted by Crippen LogP contribution is 2.32. The fraction of sp³-hybridized carbons (Fsp3) is 0.0769. The van der Waals surface area contributed by atoms with Gasteiger partial charge in [0.25, 0.3) is 0 Å². The van der Waals surface area contributed by atoms with E-state index in [0.717, 1.165) is 10.2 Å². The summed E-state index contributed by atoms with van der Waals surface area (Å²) in [6, 6.07) is 8.70. The van der Waals surface area contributed by atoms with E-state index in [1.165, 1.54) is 0 Å². The van der Waals surface area contributed by atoms with E-state index in [0.29, 0.717) is 17.2 Å². The van der Waals surface area contributed by atoms with Crippen molar-refractivity contribution in [3.8, 4) is 17.2 Å². The van der Waals surface area contributed by atoms with Crippen LogP contribution < -0.4 is 15.2 Å². The molecule has 1 aromatic heterocycles. The summed E-state index contributed by atoms with van der Waals surface area (Å²) < 4.78 is 11.6. The molecule has 0 fully saturated rings. The van der Waals surface area contributed by atoms with Crippen LogP contribution in [0.4, 0.5) is 0 Å². The summed E-state index contributed by atoms with van der Waals surface area (Å²) in [5.74, 6) is 1.84. The lowest BCUT2D eigenvalue weighted by Crippen LogP contribution is -2.12. The molecule has 0 saturated heterocycles. The third-order valence-corrected chi connectivity index (χ3v) is 2.99. The molecule has 5 nitrogen and oxygen atoms in total. The minimum absolute atomic E-state index is 0.0979. The number of hydrogen-bond acceptors (Lipinski definition) is 4. The van der Waals surface area contributed by atoms with Crippen molar-refractivity contribution in [3.05, 3.63) is 46.7 Å². The Labute approximate surface area is 119 Å². The zero-order valence-electron chi connectivity index (χ0n) is 10.2. The molecule has 0 amide bonds. The first-order valence-electron chi connectivity index (χ1n) is 5.42. The molecule has 1 heterocycles. The van der Waals surface area contributed by atoms with Crippen LogP contribution in [0.2, 0.25) is 0 Å². The number of nitrogens with one attached hydrogen (secondary N) is 1. The molecule has 0 bridgehead atoms. The summed E-state index contributed by atoms with van der Waals surface area (Å²) in [5, 5.41) is 7.34. The maximum absolute atomic E-state index is 7.34. The summed E-state index contributed by atoms with van der Waals surface area (Å²) in [6.07, 6.45) is 1.55. The number of ether oxygens (including phenoxy) is 2. The molecule has 2 aromatic rings. The summed E-state index contributed by atoms with van der Waals surface area (Å²) in [7, 11) is 1.60. The van der Waals surface area contributed by atoms with Gasteiger partial charge in [0.2, 0.25) is 0 Å². The second kappa shape index (κ2) is 5.71. The fourth-order valence-electron chi connectivity index (χ4n) is 1.44. The van der Waals surface area contributed by atoms with Crippen molar-refractivity contribution in [2.45, 2.75) is 0 Å². The van der Waals surface area contributed by atoms with E-state index in [1.807, 2.05) is 6.07 Å². The van der Waals surface area contributed by atoms with Crippen molar-refractivity contribution in [1.82, 2.24) is 4.98 Å². The van der Waals surface area contributed by atoms with Gasteiger partial charge in [-0.15, -0.1) is 0 Å². The highest BCUT2D eigenvalue weighted by molar-refractivity contribution is 9.10. The van der Waals surface area contributed by atoms with Crippen LogP contribution in [-0.2, 0) is 0 Å². The number of nitrogens with two attached hydrogens (primary N) is 1. The normalized spacial score (nSPS) is 10.0. The molecule has 0 saturated carbocycles. The lowest BCUT2D eigenvalue weighted by molar-refractivity contribution is 0.412. The van der Waals surface area contributed by atoms with Gasteiger partial charge in [0.1, 0.15) is 28.8 Å². The Balaban J connectivity index is 2.26. The van der Waals surface area contributed by atoms with Gasteiger partial charge in [-0.1, -0.05) is 0 Å². The van der Waals surface area contributed by atoms with Crippen molar-refractivity contribution in [2.75, 3.05) is 7.11 Å². The highest BCUT2D eigenvalue weighted by atomic mass is 79.9. The summed E-state index contributed by atoms with van der Waals surface area (Å²) in [4.78, 5) is 3.97. The van der Waals surface area contributed by atoms with E-state index in [2.05, 4.69) is 20.9 Å². The number of aromatic nitrogens is 1. The molecule has 6 heteroatoms. The first-order valence-corrected chi connectivity index (χ1v) is 6.21. The fourth-order valence-corrected chi connectivity index (χ4v) is 1.88. The van der Waals surface area contributed by atoms with Crippen LogP contribution in [0.3, 0.4) is 0 Å². The van der Waals surface area contributed by atoms with Gasteiger partial charge in [0, 0.05) is 12.3 Å². The number of nitrogen functional groups attached to an aromatic ring is 1. The molecule has 0 atom stereocenters. The van der Waals surface area contributed by atoms with Crippen LogP contribution in [0.25, 0.3) is 0 Å². The van der Waals surface area contributed by atoms with Crippen molar-refractivity contribution in [2.24, 2.45) is 5.73 Å². The lowest BCUT2D eigenvalue weighted by atomic mass is 10.3. The van der Waals surface area contributed by atoms with Gasteiger partial charge in [0.15, 0.2) is 0 Å². The molecule has 2 rings (SSSR count). The maximum Gasteiger partial charge on any atom is 0.141 e. The van der Waals surface area contributed by atoms with Crippen molar-refractivity contribution in [1.29, 1.82) is 5.41 Å². The van der Waals surface area contributed by atoms with E-state index < -0.39 is 0 Å². The van der Waals surface area contributed by atoms with Gasteiger partial charge < -0.3 is 15.2 Å². The van der Waals surface area contributed by atoms with Crippen LogP contribution in [0.5, 0.6) is 17.2 Å². The van der Waals surface area contributed by atoms with Gasteiger partial charge in [0.05, 0.1) is 11.6 Å². The molecular formula is C13H12BrN3O2. The second-order valence-electron chi connectivity index (χ2n) is 3.69. The Morgan fingerprint density at radius 1 is 1.26 bits per heavy atom. The molecule has 0 spiro atoms. The molecule has 3 N–H and O–H groups in total. The van der Waals surface area contributed by atoms with Crippen LogP contribution in [0.1, 0.15) is 5.69 Å². The van der Waals surface area contributed by atoms with Gasteiger partial charge in [-0.3, -0.25) is 10.4 Å². The zero-order chi connectivity index (χ0) is 13.8. The van der Waals surface area contributed by atoms with Gasteiger partial charge >= 0.3 is 0 Å². The molecule has 0 unspecified atom stereocenters. The molecule has 19 heavy (non-hydrogen) atoms. The average molecular weight is 322 g/mol. The second-order valence-corrected chi connectivity index (χ2v) is 4.54. The smallest absolute Gasteiger partial charge is 0.141 e. The number of nitrogens with zero attached hydrogens (tertiary/aromatic N) is 1. The molecule has 0 aliphatic carbocycles. The lowest BCUT2D eigenvalue weighted by Gasteiger charge is -2.09. The summed E-state index contributed by atoms with van der Waals surface area (Å²) >= 11 is 3.41. The Hall–Kier alpha value is -2.08. The minimum Gasteiger partial charge on any atom is -0.497 e. The molecule has 98 valence electrons. The monoisotopic (exact) mass is 321 g/mol. The van der Waals surface area contributed by atoms with Crippen LogP contribution in [0.15, 0.2) is 41.0 Å².